The van der Waals surface area contributed by atoms with Gasteiger partial charge in [-0.3, -0.25) is 14.5 Å². The van der Waals surface area contributed by atoms with Crippen LogP contribution in [0.1, 0.15) is 27.3 Å². The molecule has 0 aliphatic heterocycles. The fraction of sp³-hybridized carbons (Fsp3) is 0.167. The average Bonchev–Trinajstić information content (AvgIpc) is 2.85. The van der Waals surface area contributed by atoms with Crippen LogP contribution in [0.5, 0.6) is 0 Å². The molecule has 1 amide bonds. The highest BCUT2D eigenvalue weighted by Crippen LogP contribution is 2.24. The number of nitrogens with zero attached hydrogens (tertiary/aromatic N) is 3. The first-order valence-corrected chi connectivity index (χ1v) is 8.03. The molecule has 25 heavy (non-hydrogen) atoms. The van der Waals surface area contributed by atoms with E-state index in [0.29, 0.717) is 28.5 Å². The molecule has 1 N–H and O–H groups in total. The van der Waals surface area contributed by atoms with Crippen LogP contribution < -0.4 is 5.32 Å². The molecule has 2 aromatic heterocycles. The van der Waals surface area contributed by atoms with Crippen LogP contribution in [0.4, 0.5) is 10.1 Å². The van der Waals surface area contributed by atoms with Crippen LogP contribution >= 0.6 is 11.6 Å². The number of benzene rings is 1. The maximum Gasteiger partial charge on any atom is 0.257 e. The Labute approximate surface area is 149 Å². The summed E-state index contributed by atoms with van der Waals surface area (Å²) in [5.41, 5.74) is 3.34. The molecule has 0 atom stereocenters. The van der Waals surface area contributed by atoms with Crippen molar-refractivity contribution in [1.82, 2.24) is 14.8 Å². The van der Waals surface area contributed by atoms with Gasteiger partial charge in [-0.05, 0) is 43.7 Å². The number of rotatable bonds is 4. The summed E-state index contributed by atoms with van der Waals surface area (Å²) in [4.78, 5) is 16.3. The van der Waals surface area contributed by atoms with Crippen LogP contribution in [0, 0.1) is 19.7 Å². The van der Waals surface area contributed by atoms with E-state index in [1.807, 2.05) is 13.8 Å². The fourth-order valence-corrected chi connectivity index (χ4v) is 2.75. The van der Waals surface area contributed by atoms with E-state index in [2.05, 4.69) is 15.4 Å². The molecule has 3 aromatic rings. The molecule has 0 saturated heterocycles. The zero-order valence-electron chi connectivity index (χ0n) is 13.8. The van der Waals surface area contributed by atoms with E-state index in [-0.39, 0.29) is 11.7 Å². The Balaban J connectivity index is 1.84. The molecule has 0 aliphatic carbocycles. The molecule has 0 radical (unpaired) electrons. The molecule has 0 aliphatic rings. The lowest BCUT2D eigenvalue weighted by atomic mass is 10.2. The van der Waals surface area contributed by atoms with E-state index in [1.54, 1.807) is 29.1 Å². The van der Waals surface area contributed by atoms with E-state index in [1.165, 1.54) is 18.3 Å². The fourth-order valence-electron chi connectivity index (χ4n) is 2.53. The van der Waals surface area contributed by atoms with Crippen molar-refractivity contribution in [2.75, 3.05) is 5.32 Å². The molecule has 7 heteroatoms. The van der Waals surface area contributed by atoms with Crippen molar-refractivity contribution in [3.05, 3.63) is 76.1 Å². The van der Waals surface area contributed by atoms with Crippen molar-refractivity contribution in [3.8, 4) is 0 Å². The van der Waals surface area contributed by atoms with E-state index in [4.69, 9.17) is 11.6 Å². The molecule has 0 bridgehead atoms. The van der Waals surface area contributed by atoms with Crippen LogP contribution in [0.2, 0.25) is 5.02 Å². The van der Waals surface area contributed by atoms with Crippen molar-refractivity contribution >= 4 is 23.2 Å². The highest BCUT2D eigenvalue weighted by molar-refractivity contribution is 6.31. The van der Waals surface area contributed by atoms with Crippen molar-refractivity contribution < 1.29 is 9.18 Å². The SMILES string of the molecule is Cc1nn(Cc2ccc(F)cc2Cl)c(C)c1NC(=O)c1cccnc1. The second-order valence-corrected chi connectivity index (χ2v) is 6.04. The van der Waals surface area contributed by atoms with Gasteiger partial charge in [0.2, 0.25) is 0 Å². The summed E-state index contributed by atoms with van der Waals surface area (Å²) < 4.78 is 14.9. The number of amides is 1. The standard InChI is InChI=1S/C18H16ClFN4O/c1-11-17(22-18(25)13-4-3-7-21-9-13)12(2)24(23-11)10-14-5-6-15(20)8-16(14)19/h3-9H,10H2,1-2H3,(H,22,25). The van der Waals surface area contributed by atoms with Gasteiger partial charge >= 0.3 is 0 Å². The van der Waals surface area contributed by atoms with Crippen LogP contribution in [-0.2, 0) is 6.54 Å². The van der Waals surface area contributed by atoms with Gasteiger partial charge in [-0.2, -0.15) is 5.10 Å². The number of anilines is 1. The summed E-state index contributed by atoms with van der Waals surface area (Å²) in [6.07, 6.45) is 3.11. The average molecular weight is 359 g/mol. The zero-order valence-corrected chi connectivity index (χ0v) is 14.5. The maximum absolute atomic E-state index is 13.2. The van der Waals surface area contributed by atoms with Gasteiger partial charge in [0.25, 0.3) is 5.91 Å². The lowest BCUT2D eigenvalue weighted by Gasteiger charge is -2.08. The predicted octanol–water partition coefficient (Wildman–Crippen LogP) is 3.99. The minimum atomic E-state index is -0.383. The monoisotopic (exact) mass is 358 g/mol. The van der Waals surface area contributed by atoms with Gasteiger partial charge < -0.3 is 5.32 Å². The van der Waals surface area contributed by atoms with E-state index < -0.39 is 0 Å². The largest absolute Gasteiger partial charge is 0.319 e. The highest BCUT2D eigenvalue weighted by Gasteiger charge is 2.16. The molecular weight excluding hydrogens is 343 g/mol. The summed E-state index contributed by atoms with van der Waals surface area (Å²) in [7, 11) is 0. The van der Waals surface area contributed by atoms with E-state index >= 15 is 0 Å². The Morgan fingerprint density at radius 2 is 2.12 bits per heavy atom. The Bertz CT molecular complexity index is 924. The van der Waals surface area contributed by atoms with E-state index in [9.17, 15) is 9.18 Å². The molecule has 0 fully saturated rings. The van der Waals surface area contributed by atoms with Crippen molar-refractivity contribution in [2.24, 2.45) is 0 Å². The molecule has 128 valence electrons. The van der Waals surface area contributed by atoms with Gasteiger partial charge in [0, 0.05) is 17.4 Å². The van der Waals surface area contributed by atoms with Crippen molar-refractivity contribution in [3.63, 3.8) is 0 Å². The lowest BCUT2D eigenvalue weighted by Crippen LogP contribution is -2.13. The van der Waals surface area contributed by atoms with Gasteiger partial charge in [0.05, 0.1) is 29.2 Å². The Kier molecular flexibility index (Phi) is 4.81. The second-order valence-electron chi connectivity index (χ2n) is 5.64. The molecule has 0 saturated carbocycles. The predicted molar refractivity (Wildman–Crippen MR) is 94.4 cm³/mol. The maximum atomic E-state index is 13.2. The first-order valence-electron chi connectivity index (χ1n) is 7.65. The quantitative estimate of drug-likeness (QED) is 0.767. The van der Waals surface area contributed by atoms with Gasteiger partial charge in [0.15, 0.2) is 0 Å². The summed E-state index contributed by atoms with van der Waals surface area (Å²) in [6, 6.07) is 7.65. The molecule has 3 rings (SSSR count). The van der Waals surface area contributed by atoms with Gasteiger partial charge in [0.1, 0.15) is 5.82 Å². The number of pyridine rings is 1. The third kappa shape index (κ3) is 3.69. The number of hydrogen-bond acceptors (Lipinski definition) is 3. The normalized spacial score (nSPS) is 10.7. The first kappa shape index (κ1) is 17.1. The van der Waals surface area contributed by atoms with Gasteiger partial charge in [-0.15, -0.1) is 0 Å². The topological polar surface area (TPSA) is 59.8 Å². The lowest BCUT2D eigenvalue weighted by molar-refractivity contribution is 0.102. The van der Waals surface area contributed by atoms with E-state index in [0.717, 1.165) is 11.3 Å². The van der Waals surface area contributed by atoms with Crippen LogP contribution in [0.3, 0.4) is 0 Å². The molecule has 5 nitrogen and oxygen atoms in total. The third-order valence-corrected chi connectivity index (χ3v) is 4.23. The number of hydrogen-bond donors (Lipinski definition) is 1. The van der Waals surface area contributed by atoms with Gasteiger partial charge in [-0.25, -0.2) is 4.39 Å². The molecular formula is C18H16ClFN4O. The van der Waals surface area contributed by atoms with Crippen molar-refractivity contribution in [1.29, 1.82) is 0 Å². The highest BCUT2D eigenvalue weighted by atomic mass is 35.5. The smallest absolute Gasteiger partial charge is 0.257 e. The van der Waals surface area contributed by atoms with Crippen molar-refractivity contribution in [2.45, 2.75) is 20.4 Å². The number of aryl methyl sites for hydroxylation is 1. The Morgan fingerprint density at radius 3 is 2.80 bits per heavy atom. The first-order chi connectivity index (χ1) is 12.0. The second kappa shape index (κ2) is 7.03. The Hall–Kier alpha value is -2.73. The van der Waals surface area contributed by atoms with Crippen LogP contribution in [0.25, 0.3) is 0 Å². The molecule has 0 spiro atoms. The van der Waals surface area contributed by atoms with Crippen LogP contribution in [-0.4, -0.2) is 20.7 Å². The number of carbonyl (C=O) groups is 1. The molecule has 1 aromatic carbocycles. The summed E-state index contributed by atoms with van der Waals surface area (Å²) in [5, 5.41) is 7.66. The summed E-state index contributed by atoms with van der Waals surface area (Å²) in [6.45, 7) is 4.06. The molecule has 2 heterocycles. The number of halogens is 2. The zero-order chi connectivity index (χ0) is 18.0. The Morgan fingerprint density at radius 1 is 1.32 bits per heavy atom. The van der Waals surface area contributed by atoms with Crippen LogP contribution in [0.15, 0.2) is 42.7 Å². The minimum Gasteiger partial charge on any atom is -0.319 e. The minimum absolute atomic E-state index is 0.251. The number of nitrogens with one attached hydrogen (secondary N) is 1. The summed E-state index contributed by atoms with van der Waals surface area (Å²) >= 11 is 6.08. The summed E-state index contributed by atoms with van der Waals surface area (Å²) in [5.74, 6) is -0.634. The number of aromatic nitrogens is 3. The number of carbonyl (C=O) groups excluding carboxylic acids is 1. The van der Waals surface area contributed by atoms with Gasteiger partial charge in [-0.1, -0.05) is 17.7 Å². The third-order valence-electron chi connectivity index (χ3n) is 3.88. The molecule has 0 unspecified atom stereocenters.